The van der Waals surface area contributed by atoms with E-state index in [-0.39, 0.29) is 23.1 Å². The van der Waals surface area contributed by atoms with Crippen LogP contribution in [-0.2, 0) is 18.7 Å². The van der Waals surface area contributed by atoms with E-state index in [1.807, 2.05) is 48.5 Å². The molecular formula is C28H20BrN2O5-. The Labute approximate surface area is 215 Å². The van der Waals surface area contributed by atoms with Crippen LogP contribution < -0.4 is 10.4 Å². The minimum absolute atomic E-state index is 0.0800. The van der Waals surface area contributed by atoms with E-state index in [9.17, 15) is 24.3 Å². The topological polar surface area (TPSA) is 107 Å². The smallest absolute Gasteiger partial charge is 0.244 e. The second-order valence-corrected chi connectivity index (χ2v) is 10.7. The summed E-state index contributed by atoms with van der Waals surface area (Å²) >= 11 is 3.92. The van der Waals surface area contributed by atoms with Gasteiger partial charge in [-0.15, -0.1) is 0 Å². The number of nitrogens with one attached hydrogen (secondary N) is 1. The quantitative estimate of drug-likeness (QED) is 0.402. The van der Waals surface area contributed by atoms with Gasteiger partial charge in [0.05, 0.1) is 22.1 Å². The lowest BCUT2D eigenvalue weighted by Gasteiger charge is -2.51. The van der Waals surface area contributed by atoms with Crippen molar-refractivity contribution < 1.29 is 24.3 Å². The first-order valence-electron chi connectivity index (χ1n) is 11.6. The number of carboxylic acids is 1. The number of aryl methyl sites for hydroxylation is 1. The highest BCUT2D eigenvalue weighted by atomic mass is 79.9. The van der Waals surface area contributed by atoms with Gasteiger partial charge < -0.3 is 15.2 Å². The summed E-state index contributed by atoms with van der Waals surface area (Å²) in [6.07, 6.45) is 0. The summed E-state index contributed by atoms with van der Waals surface area (Å²) in [6, 6.07) is 20.0. The molecule has 0 aromatic heterocycles. The molecule has 4 aliphatic rings. The lowest BCUT2D eigenvalue weighted by molar-refractivity contribution is -0.255. The monoisotopic (exact) mass is 543 g/mol. The number of nitrogens with zero attached hydrogens (tertiary/aromatic N) is 1. The van der Waals surface area contributed by atoms with Gasteiger partial charge in [0.15, 0.2) is 0 Å². The summed E-state index contributed by atoms with van der Waals surface area (Å²) in [5.74, 6) is -4.32. The number of amides is 3. The van der Waals surface area contributed by atoms with Crippen molar-refractivity contribution in [2.24, 2.45) is 11.8 Å². The molecule has 7 nitrogen and oxygen atoms in total. The molecule has 0 unspecified atom stereocenters. The Bertz CT molecular complexity index is 1450. The van der Waals surface area contributed by atoms with Gasteiger partial charge in [-0.1, -0.05) is 76.6 Å². The Morgan fingerprint density at radius 1 is 0.972 bits per heavy atom. The Hall–Kier alpha value is -3.78. The van der Waals surface area contributed by atoms with Crippen molar-refractivity contribution in [2.75, 3.05) is 11.9 Å². The number of hydrogen-bond acceptors (Lipinski definition) is 5. The summed E-state index contributed by atoms with van der Waals surface area (Å²) in [5, 5.41) is 13.9. The molecule has 180 valence electrons. The van der Waals surface area contributed by atoms with Crippen LogP contribution in [0.3, 0.4) is 0 Å². The van der Waals surface area contributed by atoms with E-state index in [0.717, 1.165) is 27.2 Å². The van der Waals surface area contributed by atoms with Crippen molar-refractivity contribution in [3.8, 4) is 0 Å². The Morgan fingerprint density at radius 2 is 1.58 bits per heavy atom. The second kappa shape index (κ2) is 7.86. The molecular weight excluding hydrogens is 524 g/mol. The van der Waals surface area contributed by atoms with Crippen LogP contribution in [0.2, 0.25) is 0 Å². The summed E-state index contributed by atoms with van der Waals surface area (Å²) in [5.41, 5.74) is 4.81. The molecule has 3 aliphatic carbocycles. The van der Waals surface area contributed by atoms with Crippen molar-refractivity contribution >= 4 is 45.3 Å². The van der Waals surface area contributed by atoms with Gasteiger partial charge in [-0.2, -0.15) is 0 Å². The molecule has 1 aliphatic heterocycles. The standard InChI is InChI=1S/C28H21BrN2O5/c1-14-10-11-15(27(35)36)12-20(14)30-21(32)13-31-25(33)23-22-16-6-2-4-8-18(16)28(29,24(23)26(31)34)19-9-5-3-7-17(19)22/h2-12,22-24H,13H2,1H3,(H,30,32)(H,35,36)/p-1/t22?,23-,24+,28?/m0/s1. The fourth-order valence-corrected chi connectivity index (χ4v) is 7.31. The number of anilines is 1. The molecule has 0 radical (unpaired) electrons. The van der Waals surface area contributed by atoms with Crippen molar-refractivity contribution in [1.82, 2.24) is 4.90 Å². The minimum Gasteiger partial charge on any atom is -0.545 e. The molecule has 3 aromatic rings. The summed E-state index contributed by atoms with van der Waals surface area (Å²) in [6.45, 7) is 1.26. The van der Waals surface area contributed by atoms with Crippen molar-refractivity contribution in [1.29, 1.82) is 0 Å². The van der Waals surface area contributed by atoms with Gasteiger partial charge in [0, 0.05) is 11.6 Å². The maximum Gasteiger partial charge on any atom is 0.244 e. The van der Waals surface area contributed by atoms with Gasteiger partial charge in [0.25, 0.3) is 0 Å². The van der Waals surface area contributed by atoms with Gasteiger partial charge in [-0.25, -0.2) is 0 Å². The van der Waals surface area contributed by atoms with E-state index in [1.54, 1.807) is 13.0 Å². The Balaban J connectivity index is 1.35. The predicted octanol–water partition coefficient (Wildman–Crippen LogP) is 2.70. The van der Waals surface area contributed by atoms with Gasteiger partial charge >= 0.3 is 0 Å². The highest BCUT2D eigenvalue weighted by Crippen LogP contribution is 2.66. The predicted molar refractivity (Wildman–Crippen MR) is 132 cm³/mol. The average molecular weight is 544 g/mol. The number of likely N-dealkylation sites (tertiary alicyclic amines) is 1. The van der Waals surface area contributed by atoms with Gasteiger partial charge in [0.2, 0.25) is 17.7 Å². The molecule has 3 amide bonds. The van der Waals surface area contributed by atoms with E-state index in [2.05, 4.69) is 21.2 Å². The molecule has 2 bridgehead atoms. The van der Waals surface area contributed by atoms with Crippen LogP contribution in [0.15, 0.2) is 66.7 Å². The fourth-order valence-electron chi connectivity index (χ4n) is 6.11. The summed E-state index contributed by atoms with van der Waals surface area (Å²) in [4.78, 5) is 52.7. The van der Waals surface area contributed by atoms with E-state index in [4.69, 9.17) is 0 Å². The maximum atomic E-state index is 13.8. The highest BCUT2D eigenvalue weighted by Gasteiger charge is 2.67. The zero-order valence-electron chi connectivity index (χ0n) is 19.2. The molecule has 1 heterocycles. The maximum absolute atomic E-state index is 13.8. The number of alkyl halides is 1. The number of hydrogen-bond donors (Lipinski definition) is 1. The first-order chi connectivity index (χ1) is 17.2. The third-order valence-electron chi connectivity index (χ3n) is 7.65. The zero-order valence-corrected chi connectivity index (χ0v) is 20.7. The molecule has 1 saturated heterocycles. The second-order valence-electron chi connectivity index (χ2n) is 9.50. The number of carbonyl (C=O) groups excluding carboxylic acids is 4. The number of benzene rings is 3. The van der Waals surface area contributed by atoms with Gasteiger partial charge in [-0.3, -0.25) is 19.3 Å². The van der Waals surface area contributed by atoms with Crippen molar-refractivity contribution in [3.05, 3.63) is 100 Å². The minimum atomic E-state index is -1.36. The number of aromatic carboxylic acids is 1. The van der Waals surface area contributed by atoms with E-state index in [0.29, 0.717) is 5.56 Å². The molecule has 8 heteroatoms. The van der Waals surface area contributed by atoms with Crippen LogP contribution in [-0.4, -0.2) is 35.1 Å². The summed E-state index contributed by atoms with van der Waals surface area (Å²) in [7, 11) is 0. The summed E-state index contributed by atoms with van der Waals surface area (Å²) < 4.78 is -0.878. The molecule has 0 spiro atoms. The number of carbonyl (C=O) groups is 4. The van der Waals surface area contributed by atoms with Crippen LogP contribution >= 0.6 is 15.9 Å². The number of rotatable bonds is 4. The molecule has 2 atom stereocenters. The molecule has 36 heavy (non-hydrogen) atoms. The fraction of sp³-hybridized carbons (Fsp3) is 0.214. The van der Waals surface area contributed by atoms with Crippen LogP contribution in [0.1, 0.15) is 44.1 Å². The number of carboxylic acid groups (broad SMARTS) is 1. The Morgan fingerprint density at radius 3 is 2.19 bits per heavy atom. The van der Waals surface area contributed by atoms with Crippen LogP contribution in [0.4, 0.5) is 5.69 Å². The normalized spacial score (nSPS) is 25.3. The lowest BCUT2D eigenvalue weighted by atomic mass is 9.55. The van der Waals surface area contributed by atoms with Gasteiger partial charge in [0.1, 0.15) is 6.54 Å². The largest absolute Gasteiger partial charge is 0.545 e. The van der Waals surface area contributed by atoms with Crippen molar-refractivity contribution in [3.63, 3.8) is 0 Å². The average Bonchev–Trinajstić information content (AvgIpc) is 3.12. The van der Waals surface area contributed by atoms with Crippen LogP contribution in [0.25, 0.3) is 0 Å². The molecule has 0 saturated carbocycles. The van der Waals surface area contributed by atoms with E-state index >= 15 is 0 Å². The molecule has 3 aromatic carbocycles. The zero-order chi connectivity index (χ0) is 25.4. The first-order valence-corrected chi connectivity index (χ1v) is 12.4. The highest BCUT2D eigenvalue weighted by molar-refractivity contribution is 9.09. The molecule has 7 rings (SSSR count). The van der Waals surface area contributed by atoms with E-state index in [1.165, 1.54) is 12.1 Å². The third kappa shape index (κ3) is 2.97. The van der Waals surface area contributed by atoms with Crippen LogP contribution in [0.5, 0.6) is 0 Å². The number of halogens is 1. The van der Waals surface area contributed by atoms with Crippen molar-refractivity contribution in [2.45, 2.75) is 17.2 Å². The lowest BCUT2D eigenvalue weighted by Crippen LogP contribution is -2.50. The third-order valence-corrected chi connectivity index (χ3v) is 9.00. The SMILES string of the molecule is Cc1ccc(C(=O)[O-])cc1NC(=O)CN1C(=O)[C@H]2C3c4ccccc4C(Br)(c4ccccc43)[C@H]2C1=O. The Kier molecular flexibility index (Phi) is 4.95. The van der Waals surface area contributed by atoms with Crippen LogP contribution in [0, 0.1) is 18.8 Å². The van der Waals surface area contributed by atoms with E-state index < -0.39 is 40.5 Å². The first kappa shape index (κ1) is 22.7. The number of imide groups is 1. The van der Waals surface area contributed by atoms with Gasteiger partial charge in [-0.05, 0) is 46.4 Å². The molecule has 1 N–H and O–H groups in total. The molecule has 1 fully saturated rings.